The number of aromatic nitrogens is 2. The number of hydrogen-bond donors (Lipinski definition) is 1. The third-order valence-electron chi connectivity index (χ3n) is 2.08. The molecule has 2 aromatic heterocycles. The maximum atomic E-state index is 5.74. The molecule has 2 aromatic rings. The topological polar surface area (TPSA) is 51.8 Å². The summed E-state index contributed by atoms with van der Waals surface area (Å²) < 4.78 is 0. The molecule has 3 nitrogen and oxygen atoms in total. The number of nitrogens with two attached hydrogens (primary N) is 1. The average Bonchev–Trinajstić information content (AvgIpc) is 2.74. The molecule has 0 saturated carbocycles. The molecule has 0 aliphatic rings. The van der Waals surface area contributed by atoms with Crippen molar-refractivity contribution in [3.05, 3.63) is 46.7 Å². The first kappa shape index (κ1) is 9.30. The number of nitrogens with zero attached hydrogens (tertiary/aromatic N) is 2. The van der Waals surface area contributed by atoms with Crippen LogP contribution in [0.3, 0.4) is 0 Å². The largest absolute Gasteiger partial charge is 0.329 e. The van der Waals surface area contributed by atoms with E-state index in [9.17, 15) is 0 Å². The molecule has 0 spiro atoms. The molecule has 72 valence electrons. The predicted molar refractivity (Wildman–Crippen MR) is 57.2 cm³/mol. The molecule has 14 heavy (non-hydrogen) atoms. The molecular formula is C10H11N3S. The van der Waals surface area contributed by atoms with Crippen molar-refractivity contribution in [3.8, 4) is 0 Å². The van der Waals surface area contributed by atoms with Gasteiger partial charge in [0.05, 0.1) is 5.69 Å². The zero-order valence-corrected chi connectivity index (χ0v) is 8.45. The minimum atomic E-state index is 0.206. The molecule has 2 rings (SSSR count). The molecule has 1 atom stereocenters. The second-order valence-electron chi connectivity index (χ2n) is 2.94. The Bertz CT molecular complexity index is 372. The molecule has 2 heterocycles. The SMILES string of the molecule is NCC(c1ccncn1)c1cccs1. The van der Waals surface area contributed by atoms with Crippen LogP contribution in [0.4, 0.5) is 0 Å². The summed E-state index contributed by atoms with van der Waals surface area (Å²) >= 11 is 1.71. The molecule has 2 N–H and O–H groups in total. The van der Waals surface area contributed by atoms with Gasteiger partial charge in [0.1, 0.15) is 6.33 Å². The molecule has 0 aliphatic heterocycles. The summed E-state index contributed by atoms with van der Waals surface area (Å²) in [5.41, 5.74) is 6.73. The van der Waals surface area contributed by atoms with Crippen molar-refractivity contribution < 1.29 is 0 Å². The Kier molecular flexibility index (Phi) is 2.86. The van der Waals surface area contributed by atoms with Crippen LogP contribution in [0.15, 0.2) is 36.1 Å². The third-order valence-corrected chi connectivity index (χ3v) is 3.07. The molecule has 1 unspecified atom stereocenters. The van der Waals surface area contributed by atoms with Crippen LogP contribution in [0.2, 0.25) is 0 Å². The maximum Gasteiger partial charge on any atom is 0.115 e. The summed E-state index contributed by atoms with van der Waals surface area (Å²) in [6.07, 6.45) is 3.31. The molecule has 0 amide bonds. The van der Waals surface area contributed by atoms with E-state index in [1.165, 1.54) is 4.88 Å². The second kappa shape index (κ2) is 4.30. The van der Waals surface area contributed by atoms with Crippen molar-refractivity contribution in [1.29, 1.82) is 0 Å². The van der Waals surface area contributed by atoms with E-state index in [1.807, 2.05) is 12.1 Å². The molecule has 0 fully saturated rings. The van der Waals surface area contributed by atoms with Gasteiger partial charge in [0.15, 0.2) is 0 Å². The monoisotopic (exact) mass is 205 g/mol. The molecule has 0 aliphatic carbocycles. The maximum absolute atomic E-state index is 5.74. The molecule has 0 radical (unpaired) electrons. The van der Waals surface area contributed by atoms with Gasteiger partial charge >= 0.3 is 0 Å². The normalized spacial score (nSPS) is 12.6. The van der Waals surface area contributed by atoms with Crippen molar-refractivity contribution in [2.75, 3.05) is 6.54 Å². The van der Waals surface area contributed by atoms with Gasteiger partial charge in [0.25, 0.3) is 0 Å². The Labute approximate surface area is 86.6 Å². The van der Waals surface area contributed by atoms with Crippen molar-refractivity contribution in [3.63, 3.8) is 0 Å². The Balaban J connectivity index is 2.31. The highest BCUT2D eigenvalue weighted by Gasteiger charge is 2.13. The van der Waals surface area contributed by atoms with Gasteiger partial charge in [-0.25, -0.2) is 9.97 Å². The van der Waals surface area contributed by atoms with Gasteiger partial charge in [-0.05, 0) is 17.5 Å². The summed E-state index contributed by atoms with van der Waals surface area (Å²) in [6.45, 7) is 0.581. The van der Waals surface area contributed by atoms with Crippen LogP contribution in [-0.2, 0) is 0 Å². The van der Waals surface area contributed by atoms with E-state index in [0.717, 1.165) is 5.69 Å². The Morgan fingerprint density at radius 1 is 1.43 bits per heavy atom. The van der Waals surface area contributed by atoms with Crippen LogP contribution in [0.1, 0.15) is 16.5 Å². The predicted octanol–water partition coefficient (Wildman–Crippen LogP) is 1.63. The highest BCUT2D eigenvalue weighted by Crippen LogP contribution is 2.25. The van der Waals surface area contributed by atoms with Crippen LogP contribution in [-0.4, -0.2) is 16.5 Å². The van der Waals surface area contributed by atoms with E-state index >= 15 is 0 Å². The van der Waals surface area contributed by atoms with Gasteiger partial charge in [-0.2, -0.15) is 0 Å². The van der Waals surface area contributed by atoms with Crippen LogP contribution < -0.4 is 5.73 Å². The number of thiophene rings is 1. The zero-order valence-electron chi connectivity index (χ0n) is 7.63. The average molecular weight is 205 g/mol. The Hall–Kier alpha value is -1.26. The first-order valence-electron chi connectivity index (χ1n) is 4.41. The lowest BCUT2D eigenvalue weighted by Crippen LogP contribution is -2.13. The highest BCUT2D eigenvalue weighted by atomic mass is 32.1. The van der Waals surface area contributed by atoms with Crippen molar-refractivity contribution in [2.24, 2.45) is 5.73 Å². The van der Waals surface area contributed by atoms with E-state index in [-0.39, 0.29) is 5.92 Å². The standard InChI is InChI=1S/C10H11N3S/c11-6-8(10-2-1-5-14-10)9-3-4-12-7-13-9/h1-5,7-8H,6,11H2. The van der Waals surface area contributed by atoms with E-state index in [4.69, 9.17) is 5.73 Å². The summed E-state index contributed by atoms with van der Waals surface area (Å²) in [7, 11) is 0. The van der Waals surface area contributed by atoms with Gasteiger partial charge in [-0.3, -0.25) is 0 Å². The van der Waals surface area contributed by atoms with E-state index < -0.39 is 0 Å². The van der Waals surface area contributed by atoms with Crippen molar-refractivity contribution in [2.45, 2.75) is 5.92 Å². The molecule has 0 saturated heterocycles. The first-order chi connectivity index (χ1) is 6.92. The lowest BCUT2D eigenvalue weighted by molar-refractivity contribution is 0.795. The van der Waals surface area contributed by atoms with Crippen LogP contribution >= 0.6 is 11.3 Å². The van der Waals surface area contributed by atoms with Crippen LogP contribution in [0.25, 0.3) is 0 Å². The quantitative estimate of drug-likeness (QED) is 0.828. The zero-order chi connectivity index (χ0) is 9.80. The lowest BCUT2D eigenvalue weighted by Gasteiger charge is -2.11. The second-order valence-corrected chi connectivity index (χ2v) is 3.92. The lowest BCUT2D eigenvalue weighted by atomic mass is 10.0. The van der Waals surface area contributed by atoms with Gasteiger partial charge in [-0.1, -0.05) is 6.07 Å². The van der Waals surface area contributed by atoms with E-state index in [2.05, 4.69) is 21.4 Å². The minimum Gasteiger partial charge on any atom is -0.329 e. The van der Waals surface area contributed by atoms with Crippen molar-refractivity contribution in [1.82, 2.24) is 9.97 Å². The molecule has 0 bridgehead atoms. The van der Waals surface area contributed by atoms with E-state index in [1.54, 1.807) is 23.9 Å². The van der Waals surface area contributed by atoms with Gasteiger partial charge in [-0.15, -0.1) is 11.3 Å². The fourth-order valence-electron chi connectivity index (χ4n) is 1.38. The third kappa shape index (κ3) is 1.81. The molecule has 4 heteroatoms. The number of rotatable bonds is 3. The van der Waals surface area contributed by atoms with Crippen LogP contribution in [0, 0.1) is 0 Å². The number of hydrogen-bond acceptors (Lipinski definition) is 4. The summed E-state index contributed by atoms with van der Waals surface area (Å²) in [5.74, 6) is 0.206. The highest BCUT2D eigenvalue weighted by molar-refractivity contribution is 7.10. The summed E-state index contributed by atoms with van der Waals surface area (Å²) in [4.78, 5) is 9.37. The van der Waals surface area contributed by atoms with Crippen LogP contribution in [0.5, 0.6) is 0 Å². The van der Waals surface area contributed by atoms with Gasteiger partial charge < -0.3 is 5.73 Å². The smallest absolute Gasteiger partial charge is 0.115 e. The summed E-state index contributed by atoms with van der Waals surface area (Å²) in [6, 6.07) is 6.03. The molecular weight excluding hydrogens is 194 g/mol. The fourth-order valence-corrected chi connectivity index (χ4v) is 2.23. The fraction of sp³-hybridized carbons (Fsp3) is 0.200. The molecule has 0 aromatic carbocycles. The van der Waals surface area contributed by atoms with Gasteiger partial charge in [0.2, 0.25) is 0 Å². The van der Waals surface area contributed by atoms with E-state index in [0.29, 0.717) is 6.54 Å². The summed E-state index contributed by atoms with van der Waals surface area (Å²) in [5, 5.41) is 2.05. The van der Waals surface area contributed by atoms with Gasteiger partial charge in [0, 0.05) is 23.5 Å². The van der Waals surface area contributed by atoms with Crippen molar-refractivity contribution >= 4 is 11.3 Å². The Morgan fingerprint density at radius 3 is 2.93 bits per heavy atom. The Morgan fingerprint density at radius 2 is 2.36 bits per heavy atom. The first-order valence-corrected chi connectivity index (χ1v) is 5.29. The minimum absolute atomic E-state index is 0.206.